The smallest absolute Gasteiger partial charge is 0.240 e. The third-order valence-corrected chi connectivity index (χ3v) is 5.46. The number of aromatic nitrogens is 3. The molecule has 1 aromatic carbocycles. The minimum Gasteiger partial charge on any atom is -0.311 e. The number of amides is 1. The molecular formula is C16H17FN4OS. The van der Waals surface area contributed by atoms with Crippen LogP contribution in [0.25, 0.3) is 0 Å². The Hall–Kier alpha value is -1.89. The topological polar surface area (TPSA) is 51.0 Å². The number of carbonyl (C=O) groups is 1. The van der Waals surface area contributed by atoms with Gasteiger partial charge in [0.2, 0.25) is 5.91 Å². The van der Waals surface area contributed by atoms with Gasteiger partial charge in [-0.1, -0.05) is 17.8 Å². The highest BCUT2D eigenvalue weighted by Gasteiger charge is 2.33. The van der Waals surface area contributed by atoms with Crippen LogP contribution >= 0.6 is 11.8 Å². The van der Waals surface area contributed by atoms with Crippen LogP contribution in [-0.2, 0) is 4.79 Å². The van der Waals surface area contributed by atoms with E-state index in [1.807, 2.05) is 0 Å². The van der Waals surface area contributed by atoms with Crippen LogP contribution in [0.15, 0.2) is 35.7 Å². The summed E-state index contributed by atoms with van der Waals surface area (Å²) < 4.78 is 15.5. The molecule has 1 atom stereocenters. The average molecular weight is 332 g/mol. The van der Waals surface area contributed by atoms with Gasteiger partial charge in [-0.2, -0.15) is 0 Å². The van der Waals surface area contributed by atoms with Gasteiger partial charge in [0, 0.05) is 18.3 Å². The maximum atomic E-state index is 13.4. The zero-order chi connectivity index (χ0) is 15.8. The monoisotopic (exact) mass is 332 g/mol. The van der Waals surface area contributed by atoms with E-state index in [0.717, 1.165) is 30.8 Å². The van der Waals surface area contributed by atoms with E-state index in [4.69, 9.17) is 0 Å². The van der Waals surface area contributed by atoms with Crippen molar-refractivity contribution in [2.45, 2.75) is 42.1 Å². The molecule has 7 heteroatoms. The molecule has 0 unspecified atom stereocenters. The third kappa shape index (κ3) is 2.97. The van der Waals surface area contributed by atoms with Gasteiger partial charge in [0.1, 0.15) is 12.1 Å². The average Bonchev–Trinajstić information content (AvgIpc) is 3.29. The van der Waals surface area contributed by atoms with E-state index < -0.39 is 0 Å². The summed E-state index contributed by atoms with van der Waals surface area (Å²) in [5, 5.41) is 8.77. The van der Waals surface area contributed by atoms with E-state index in [1.54, 1.807) is 23.4 Å². The number of anilines is 1. The molecule has 2 fully saturated rings. The molecule has 0 radical (unpaired) electrons. The quantitative estimate of drug-likeness (QED) is 0.863. The second-order valence-corrected chi connectivity index (χ2v) is 7.14. The van der Waals surface area contributed by atoms with E-state index in [-0.39, 0.29) is 17.0 Å². The Morgan fingerprint density at radius 1 is 1.26 bits per heavy atom. The highest BCUT2D eigenvalue weighted by molar-refractivity contribution is 8.00. The number of carbonyl (C=O) groups excluding carboxylic acids is 1. The molecule has 2 aromatic rings. The molecule has 1 aromatic heterocycles. The van der Waals surface area contributed by atoms with Gasteiger partial charge in [0.15, 0.2) is 5.16 Å². The van der Waals surface area contributed by atoms with Crippen LogP contribution in [0.4, 0.5) is 10.1 Å². The predicted octanol–water partition coefficient (Wildman–Crippen LogP) is 3.04. The Kier molecular flexibility index (Phi) is 3.80. The lowest BCUT2D eigenvalue weighted by atomic mass is 10.1. The first kappa shape index (κ1) is 14.7. The Labute approximate surface area is 137 Å². The van der Waals surface area contributed by atoms with E-state index in [1.165, 1.54) is 23.9 Å². The first-order valence-corrected chi connectivity index (χ1v) is 8.73. The van der Waals surface area contributed by atoms with Gasteiger partial charge in [-0.25, -0.2) is 4.39 Å². The van der Waals surface area contributed by atoms with E-state index in [0.29, 0.717) is 18.3 Å². The van der Waals surface area contributed by atoms with E-state index in [2.05, 4.69) is 14.8 Å². The van der Waals surface area contributed by atoms with Gasteiger partial charge < -0.3 is 9.47 Å². The second-order valence-electron chi connectivity index (χ2n) is 5.97. The minimum atomic E-state index is -0.321. The molecule has 4 rings (SSSR count). The lowest BCUT2D eigenvalue weighted by Gasteiger charge is -2.31. The van der Waals surface area contributed by atoms with Crippen LogP contribution in [0.3, 0.4) is 0 Å². The third-order valence-electron chi connectivity index (χ3n) is 4.24. The van der Waals surface area contributed by atoms with E-state index in [9.17, 15) is 9.18 Å². The van der Waals surface area contributed by atoms with Crippen molar-refractivity contribution in [1.29, 1.82) is 0 Å². The van der Waals surface area contributed by atoms with Gasteiger partial charge in [0.05, 0.1) is 5.25 Å². The molecule has 1 saturated carbocycles. The number of hydrogen-bond donors (Lipinski definition) is 0. The van der Waals surface area contributed by atoms with Gasteiger partial charge in [-0.15, -0.1) is 10.2 Å². The normalized spacial score (nSPS) is 21.7. The maximum Gasteiger partial charge on any atom is 0.240 e. The van der Waals surface area contributed by atoms with Crippen molar-refractivity contribution in [3.8, 4) is 0 Å². The van der Waals surface area contributed by atoms with Crippen molar-refractivity contribution in [1.82, 2.24) is 14.8 Å². The highest BCUT2D eigenvalue weighted by Crippen LogP contribution is 2.39. The molecule has 2 aliphatic rings. The Morgan fingerprint density at radius 3 is 2.91 bits per heavy atom. The second kappa shape index (κ2) is 5.96. The summed E-state index contributed by atoms with van der Waals surface area (Å²) in [6.45, 7) is 0.634. The fourth-order valence-corrected chi connectivity index (χ4v) is 4.08. The van der Waals surface area contributed by atoms with Gasteiger partial charge in [-0.3, -0.25) is 4.79 Å². The fourth-order valence-electron chi connectivity index (χ4n) is 2.90. The van der Waals surface area contributed by atoms with Crippen LogP contribution in [0.5, 0.6) is 0 Å². The number of thioether (sulfide) groups is 1. The Bertz CT molecular complexity index is 730. The summed E-state index contributed by atoms with van der Waals surface area (Å²) in [5.41, 5.74) is 0.629. The largest absolute Gasteiger partial charge is 0.311 e. The van der Waals surface area contributed by atoms with Crippen molar-refractivity contribution in [2.24, 2.45) is 0 Å². The lowest BCUT2D eigenvalue weighted by Crippen LogP contribution is -2.43. The van der Waals surface area contributed by atoms with Crippen molar-refractivity contribution in [3.63, 3.8) is 0 Å². The molecule has 2 heterocycles. The SMILES string of the molecule is O=C1[C@@H](Sc2nncn2C2CC2)CCCN1c1cccc(F)c1. The van der Waals surface area contributed by atoms with Crippen molar-refractivity contribution in [2.75, 3.05) is 11.4 Å². The van der Waals surface area contributed by atoms with Crippen LogP contribution in [0, 0.1) is 5.82 Å². The van der Waals surface area contributed by atoms with Crippen LogP contribution in [-0.4, -0.2) is 32.5 Å². The molecule has 1 aliphatic carbocycles. The minimum absolute atomic E-state index is 0.0252. The summed E-state index contributed by atoms with van der Waals surface area (Å²) >= 11 is 1.48. The number of halogens is 1. The van der Waals surface area contributed by atoms with E-state index >= 15 is 0 Å². The van der Waals surface area contributed by atoms with Gasteiger partial charge >= 0.3 is 0 Å². The molecular weight excluding hydrogens is 315 g/mol. The van der Waals surface area contributed by atoms with Crippen molar-refractivity contribution in [3.05, 3.63) is 36.4 Å². The Balaban J connectivity index is 1.53. The molecule has 0 N–H and O–H groups in total. The fraction of sp³-hybridized carbons (Fsp3) is 0.438. The highest BCUT2D eigenvalue weighted by atomic mass is 32.2. The maximum absolute atomic E-state index is 13.4. The van der Waals surface area contributed by atoms with Crippen LogP contribution < -0.4 is 4.90 Å². The number of piperidine rings is 1. The first-order valence-electron chi connectivity index (χ1n) is 7.85. The van der Waals surface area contributed by atoms with Crippen molar-refractivity contribution >= 4 is 23.4 Å². The first-order chi connectivity index (χ1) is 11.2. The number of nitrogens with zero attached hydrogens (tertiary/aromatic N) is 4. The van der Waals surface area contributed by atoms with Gasteiger partial charge in [0.25, 0.3) is 0 Å². The number of hydrogen-bond acceptors (Lipinski definition) is 4. The summed E-state index contributed by atoms with van der Waals surface area (Å²) in [7, 11) is 0. The van der Waals surface area contributed by atoms with Crippen LogP contribution in [0.1, 0.15) is 31.7 Å². The molecule has 23 heavy (non-hydrogen) atoms. The van der Waals surface area contributed by atoms with Gasteiger partial charge in [-0.05, 0) is 43.9 Å². The predicted molar refractivity (Wildman–Crippen MR) is 85.9 cm³/mol. The van der Waals surface area contributed by atoms with Crippen LogP contribution in [0.2, 0.25) is 0 Å². The number of rotatable bonds is 4. The van der Waals surface area contributed by atoms with Crippen molar-refractivity contribution < 1.29 is 9.18 Å². The molecule has 1 amide bonds. The zero-order valence-electron chi connectivity index (χ0n) is 12.6. The molecule has 0 bridgehead atoms. The summed E-state index contributed by atoms with van der Waals surface area (Å²) in [4.78, 5) is 14.5. The summed E-state index contributed by atoms with van der Waals surface area (Å²) in [5.74, 6) is -0.296. The summed E-state index contributed by atoms with van der Waals surface area (Å²) in [6, 6.07) is 6.71. The zero-order valence-corrected chi connectivity index (χ0v) is 13.4. The number of benzene rings is 1. The molecule has 1 saturated heterocycles. The standard InChI is InChI=1S/C16H17FN4OS/c17-11-3-1-4-13(9-11)20-8-2-5-14(15(20)22)23-16-19-18-10-21(16)12-6-7-12/h1,3-4,9-10,12,14H,2,5-8H2/t14-/m0/s1. The Morgan fingerprint density at radius 2 is 2.13 bits per heavy atom. The molecule has 1 aliphatic heterocycles. The lowest BCUT2D eigenvalue weighted by molar-refractivity contribution is -0.119. The molecule has 5 nitrogen and oxygen atoms in total. The summed E-state index contributed by atoms with van der Waals surface area (Å²) in [6.07, 6.45) is 5.77. The molecule has 120 valence electrons. The molecule has 0 spiro atoms.